The quantitative estimate of drug-likeness (QED) is 0.798. The monoisotopic (exact) mass is 339 g/mol. The van der Waals surface area contributed by atoms with E-state index in [0.29, 0.717) is 5.92 Å². The molecule has 25 heavy (non-hydrogen) atoms. The Balaban J connectivity index is 2.07. The zero-order valence-corrected chi connectivity index (χ0v) is 16.1. The standard InChI is InChI=1S/C22H29NO2/c1-14(2)19-9-7-8-10-21(19)25-18(6)22(24)23-17(5)20-13-15(3)11-12-16(20)4/h7-14,17-18H,1-6H3,(H,23,24)/t17-,18-/m0/s1. The third-order valence-electron chi connectivity index (χ3n) is 4.47. The first kappa shape index (κ1) is 19.0. The maximum atomic E-state index is 12.6. The lowest BCUT2D eigenvalue weighted by Gasteiger charge is -2.22. The molecule has 0 heterocycles. The van der Waals surface area contributed by atoms with Gasteiger partial charge in [-0.1, -0.05) is 55.8 Å². The summed E-state index contributed by atoms with van der Waals surface area (Å²) in [4.78, 5) is 12.6. The number of benzene rings is 2. The maximum absolute atomic E-state index is 12.6. The van der Waals surface area contributed by atoms with Crippen LogP contribution in [0.4, 0.5) is 0 Å². The van der Waals surface area contributed by atoms with Crippen molar-refractivity contribution in [2.45, 2.75) is 59.6 Å². The molecule has 3 nitrogen and oxygen atoms in total. The Labute approximate surface area is 151 Å². The van der Waals surface area contributed by atoms with E-state index in [1.807, 2.05) is 31.2 Å². The molecule has 2 atom stereocenters. The second-order valence-electron chi connectivity index (χ2n) is 7.04. The molecule has 0 saturated heterocycles. The van der Waals surface area contributed by atoms with Crippen molar-refractivity contribution in [3.63, 3.8) is 0 Å². The summed E-state index contributed by atoms with van der Waals surface area (Å²) >= 11 is 0. The van der Waals surface area contributed by atoms with E-state index in [0.717, 1.165) is 16.9 Å². The fraction of sp³-hybridized carbons (Fsp3) is 0.409. The van der Waals surface area contributed by atoms with Gasteiger partial charge in [-0.15, -0.1) is 0 Å². The Bertz CT molecular complexity index is 737. The van der Waals surface area contributed by atoms with E-state index >= 15 is 0 Å². The van der Waals surface area contributed by atoms with Crippen LogP contribution in [0.2, 0.25) is 0 Å². The SMILES string of the molecule is Cc1ccc(C)c([C@H](C)NC(=O)[C@H](C)Oc2ccccc2C(C)C)c1. The molecule has 3 heteroatoms. The van der Waals surface area contributed by atoms with Gasteiger partial charge in [0.05, 0.1) is 6.04 Å². The number of hydrogen-bond acceptors (Lipinski definition) is 2. The van der Waals surface area contributed by atoms with Crippen LogP contribution in [0.15, 0.2) is 42.5 Å². The molecule has 0 aromatic heterocycles. The molecule has 0 aliphatic rings. The van der Waals surface area contributed by atoms with Crippen molar-refractivity contribution in [3.8, 4) is 5.75 Å². The summed E-state index contributed by atoms with van der Waals surface area (Å²) in [5.41, 5.74) is 4.63. The number of carbonyl (C=O) groups is 1. The fourth-order valence-electron chi connectivity index (χ4n) is 2.94. The van der Waals surface area contributed by atoms with Crippen molar-refractivity contribution in [1.29, 1.82) is 0 Å². The average Bonchev–Trinajstić information content (AvgIpc) is 2.57. The lowest BCUT2D eigenvalue weighted by molar-refractivity contribution is -0.127. The van der Waals surface area contributed by atoms with Gasteiger partial charge in [-0.2, -0.15) is 0 Å². The molecule has 0 fully saturated rings. The first-order valence-corrected chi connectivity index (χ1v) is 8.92. The number of rotatable bonds is 6. The van der Waals surface area contributed by atoms with Crippen LogP contribution in [0, 0.1) is 13.8 Å². The molecule has 1 N–H and O–H groups in total. The van der Waals surface area contributed by atoms with Gasteiger partial charge in [0, 0.05) is 0 Å². The third-order valence-corrected chi connectivity index (χ3v) is 4.47. The second-order valence-corrected chi connectivity index (χ2v) is 7.04. The van der Waals surface area contributed by atoms with Crippen LogP contribution in [0.3, 0.4) is 0 Å². The first-order valence-electron chi connectivity index (χ1n) is 8.92. The topological polar surface area (TPSA) is 38.3 Å². The molecule has 134 valence electrons. The van der Waals surface area contributed by atoms with Gasteiger partial charge in [-0.05, 0) is 56.4 Å². The summed E-state index contributed by atoms with van der Waals surface area (Å²) in [6.45, 7) is 12.2. The highest BCUT2D eigenvalue weighted by atomic mass is 16.5. The van der Waals surface area contributed by atoms with E-state index in [1.165, 1.54) is 11.1 Å². The van der Waals surface area contributed by atoms with Crippen molar-refractivity contribution >= 4 is 5.91 Å². The van der Waals surface area contributed by atoms with Crippen LogP contribution in [-0.4, -0.2) is 12.0 Å². The average molecular weight is 339 g/mol. The summed E-state index contributed by atoms with van der Waals surface area (Å²) in [7, 11) is 0. The molecule has 1 amide bonds. The minimum absolute atomic E-state index is 0.0567. The highest BCUT2D eigenvalue weighted by molar-refractivity contribution is 5.81. The predicted molar refractivity (Wildman–Crippen MR) is 103 cm³/mol. The number of aryl methyl sites for hydroxylation is 2. The van der Waals surface area contributed by atoms with Crippen LogP contribution in [-0.2, 0) is 4.79 Å². The summed E-state index contributed by atoms with van der Waals surface area (Å²) in [6, 6.07) is 14.1. The lowest BCUT2D eigenvalue weighted by atomic mass is 10.00. The molecule has 0 unspecified atom stereocenters. The number of para-hydroxylation sites is 1. The summed E-state index contributed by atoms with van der Waals surface area (Å²) in [5.74, 6) is 1.02. The second kappa shape index (κ2) is 8.19. The van der Waals surface area contributed by atoms with Gasteiger partial charge < -0.3 is 10.1 Å². The van der Waals surface area contributed by atoms with Crippen molar-refractivity contribution in [2.75, 3.05) is 0 Å². The molecule has 0 bridgehead atoms. The maximum Gasteiger partial charge on any atom is 0.261 e. The Hall–Kier alpha value is -2.29. The predicted octanol–water partition coefficient (Wildman–Crippen LogP) is 5.07. The zero-order valence-electron chi connectivity index (χ0n) is 16.1. The Morgan fingerprint density at radius 2 is 1.64 bits per heavy atom. The molecular formula is C22H29NO2. The normalized spacial score (nSPS) is 13.4. The van der Waals surface area contributed by atoms with Crippen molar-refractivity contribution < 1.29 is 9.53 Å². The molecule has 2 aromatic rings. The zero-order chi connectivity index (χ0) is 18.6. The summed E-state index contributed by atoms with van der Waals surface area (Å²) < 4.78 is 5.95. The van der Waals surface area contributed by atoms with E-state index in [2.05, 4.69) is 51.2 Å². The van der Waals surface area contributed by atoms with E-state index in [9.17, 15) is 4.79 Å². The van der Waals surface area contributed by atoms with Crippen LogP contribution in [0.1, 0.15) is 61.9 Å². The number of amides is 1. The van der Waals surface area contributed by atoms with E-state index in [1.54, 1.807) is 6.92 Å². The number of hydrogen-bond donors (Lipinski definition) is 1. The van der Waals surface area contributed by atoms with Gasteiger partial charge in [-0.3, -0.25) is 4.79 Å². The molecule has 0 aliphatic heterocycles. The largest absolute Gasteiger partial charge is 0.481 e. The van der Waals surface area contributed by atoms with Crippen LogP contribution in [0.5, 0.6) is 5.75 Å². The number of carbonyl (C=O) groups excluding carboxylic acids is 1. The highest BCUT2D eigenvalue weighted by Gasteiger charge is 2.20. The van der Waals surface area contributed by atoms with Gasteiger partial charge in [-0.25, -0.2) is 0 Å². The van der Waals surface area contributed by atoms with Crippen LogP contribution >= 0.6 is 0 Å². The van der Waals surface area contributed by atoms with E-state index in [-0.39, 0.29) is 11.9 Å². The van der Waals surface area contributed by atoms with Gasteiger partial charge >= 0.3 is 0 Å². The minimum Gasteiger partial charge on any atom is -0.481 e. The Morgan fingerprint density at radius 3 is 2.32 bits per heavy atom. The van der Waals surface area contributed by atoms with E-state index < -0.39 is 6.10 Å². The van der Waals surface area contributed by atoms with Gasteiger partial charge in [0.1, 0.15) is 5.75 Å². The summed E-state index contributed by atoms with van der Waals surface area (Å²) in [6.07, 6.45) is -0.549. The minimum atomic E-state index is -0.549. The summed E-state index contributed by atoms with van der Waals surface area (Å²) in [5, 5.41) is 3.07. The molecule has 2 rings (SSSR count). The molecule has 0 aliphatic carbocycles. The van der Waals surface area contributed by atoms with E-state index in [4.69, 9.17) is 4.74 Å². The molecule has 0 saturated carbocycles. The van der Waals surface area contributed by atoms with Crippen LogP contribution < -0.4 is 10.1 Å². The molecule has 2 aromatic carbocycles. The first-order chi connectivity index (χ1) is 11.8. The number of ether oxygens (including phenoxy) is 1. The van der Waals surface area contributed by atoms with Crippen LogP contribution in [0.25, 0.3) is 0 Å². The van der Waals surface area contributed by atoms with Crippen molar-refractivity contribution in [2.24, 2.45) is 0 Å². The Kier molecular flexibility index (Phi) is 6.24. The fourth-order valence-corrected chi connectivity index (χ4v) is 2.94. The van der Waals surface area contributed by atoms with Gasteiger partial charge in [0.25, 0.3) is 5.91 Å². The third kappa shape index (κ3) is 4.85. The Morgan fingerprint density at radius 1 is 0.960 bits per heavy atom. The lowest BCUT2D eigenvalue weighted by Crippen LogP contribution is -2.38. The molecular weight excluding hydrogens is 310 g/mol. The van der Waals surface area contributed by atoms with Crippen molar-refractivity contribution in [1.82, 2.24) is 5.32 Å². The molecule has 0 radical (unpaired) electrons. The van der Waals surface area contributed by atoms with Crippen molar-refractivity contribution in [3.05, 3.63) is 64.7 Å². The highest BCUT2D eigenvalue weighted by Crippen LogP contribution is 2.27. The molecule has 0 spiro atoms. The van der Waals surface area contributed by atoms with Gasteiger partial charge in [0.2, 0.25) is 0 Å². The number of nitrogens with one attached hydrogen (secondary N) is 1. The van der Waals surface area contributed by atoms with Gasteiger partial charge in [0.15, 0.2) is 6.10 Å². The smallest absolute Gasteiger partial charge is 0.261 e.